The molecule has 0 bridgehead atoms. The number of ether oxygens (including phenoxy) is 1. The van der Waals surface area contributed by atoms with Crippen LogP contribution in [0.15, 0.2) is 73.2 Å². The van der Waals surface area contributed by atoms with Gasteiger partial charge in [-0.25, -0.2) is 4.39 Å². The summed E-state index contributed by atoms with van der Waals surface area (Å²) in [5.74, 6) is 0.144. The topological polar surface area (TPSA) is 82.7 Å². The monoisotopic (exact) mass is 532 g/mol. The van der Waals surface area contributed by atoms with Crippen LogP contribution in [0.3, 0.4) is 0 Å². The first-order valence-corrected chi connectivity index (χ1v) is 13.6. The van der Waals surface area contributed by atoms with Gasteiger partial charge in [-0.05, 0) is 79.0 Å². The van der Waals surface area contributed by atoms with Gasteiger partial charge in [0.2, 0.25) is 0 Å². The number of pyridine rings is 2. The van der Waals surface area contributed by atoms with E-state index in [-0.39, 0.29) is 5.82 Å². The molecule has 0 atom stereocenters. The zero-order chi connectivity index (χ0) is 27.1. The Kier molecular flexibility index (Phi) is 6.24. The van der Waals surface area contributed by atoms with E-state index in [4.69, 9.17) is 9.72 Å². The lowest BCUT2D eigenvalue weighted by atomic mass is 10.0. The lowest BCUT2D eigenvalue weighted by Crippen LogP contribution is -2.29. The molecule has 5 heterocycles. The van der Waals surface area contributed by atoms with Crippen LogP contribution in [-0.2, 0) is 6.54 Å². The molecule has 0 aliphatic carbocycles. The number of fused-ring (bicyclic) bond motifs is 2. The predicted molar refractivity (Wildman–Crippen MR) is 155 cm³/mol. The van der Waals surface area contributed by atoms with Crippen LogP contribution in [0.2, 0.25) is 0 Å². The van der Waals surface area contributed by atoms with Crippen molar-refractivity contribution in [1.82, 2.24) is 30.0 Å². The average molecular weight is 533 g/mol. The third kappa shape index (κ3) is 4.60. The van der Waals surface area contributed by atoms with E-state index in [2.05, 4.69) is 43.3 Å². The molecule has 40 heavy (non-hydrogen) atoms. The number of halogens is 1. The number of H-pyrrole nitrogens is 2. The number of nitrogens with zero attached hydrogens (tertiary/aromatic N) is 4. The van der Waals surface area contributed by atoms with Gasteiger partial charge in [-0.15, -0.1) is 0 Å². The molecule has 4 aromatic heterocycles. The van der Waals surface area contributed by atoms with Crippen LogP contribution >= 0.6 is 0 Å². The van der Waals surface area contributed by atoms with Crippen LogP contribution in [0.4, 0.5) is 4.39 Å². The minimum Gasteiger partial charge on any atom is -0.497 e. The van der Waals surface area contributed by atoms with Gasteiger partial charge >= 0.3 is 0 Å². The van der Waals surface area contributed by atoms with Gasteiger partial charge in [-0.2, -0.15) is 5.10 Å². The van der Waals surface area contributed by atoms with Crippen molar-refractivity contribution >= 4 is 21.8 Å². The summed E-state index contributed by atoms with van der Waals surface area (Å²) in [5.41, 5.74) is 8.17. The lowest BCUT2D eigenvalue weighted by Gasteiger charge is -2.26. The molecule has 2 aromatic carbocycles. The number of aromatic amines is 2. The van der Waals surface area contributed by atoms with Crippen molar-refractivity contribution in [3.05, 3.63) is 84.6 Å². The first kappa shape index (κ1) is 24.5. The summed E-state index contributed by atoms with van der Waals surface area (Å²) < 4.78 is 19.6. The Morgan fingerprint density at radius 1 is 0.900 bits per heavy atom. The maximum Gasteiger partial charge on any atom is 0.127 e. The Balaban J connectivity index is 1.26. The molecule has 1 aliphatic heterocycles. The second kappa shape index (κ2) is 10.2. The maximum atomic E-state index is 14.3. The van der Waals surface area contributed by atoms with Crippen molar-refractivity contribution in [1.29, 1.82) is 0 Å². The van der Waals surface area contributed by atoms with Gasteiger partial charge in [0.15, 0.2) is 0 Å². The number of hydrogen-bond acceptors (Lipinski definition) is 5. The molecular weight excluding hydrogens is 503 g/mol. The molecule has 200 valence electrons. The molecule has 0 amide bonds. The lowest BCUT2D eigenvalue weighted by molar-refractivity contribution is 0.220. The Hall–Kier alpha value is -4.56. The Morgan fingerprint density at radius 3 is 2.67 bits per heavy atom. The number of benzene rings is 2. The van der Waals surface area contributed by atoms with E-state index in [9.17, 15) is 4.39 Å². The van der Waals surface area contributed by atoms with E-state index in [0.29, 0.717) is 5.75 Å². The second-order valence-electron chi connectivity index (χ2n) is 10.4. The summed E-state index contributed by atoms with van der Waals surface area (Å²) in [6.45, 7) is 3.20. The molecule has 7 nitrogen and oxygen atoms in total. The summed E-state index contributed by atoms with van der Waals surface area (Å²) in [5, 5.41) is 9.70. The van der Waals surface area contributed by atoms with Crippen LogP contribution in [-0.4, -0.2) is 50.2 Å². The first-order chi connectivity index (χ1) is 19.6. The smallest absolute Gasteiger partial charge is 0.127 e. The quantitative estimate of drug-likeness (QED) is 0.242. The van der Waals surface area contributed by atoms with Crippen molar-refractivity contribution in [2.24, 2.45) is 0 Å². The van der Waals surface area contributed by atoms with Crippen LogP contribution in [0.5, 0.6) is 5.75 Å². The van der Waals surface area contributed by atoms with E-state index >= 15 is 0 Å². The van der Waals surface area contributed by atoms with Crippen LogP contribution in [0.25, 0.3) is 55.6 Å². The van der Waals surface area contributed by atoms with Gasteiger partial charge in [0.25, 0.3) is 0 Å². The summed E-state index contributed by atoms with van der Waals surface area (Å²) >= 11 is 0. The normalized spacial score (nSPS) is 14.2. The van der Waals surface area contributed by atoms with Gasteiger partial charge in [-0.3, -0.25) is 20.0 Å². The number of aromatic nitrogens is 5. The summed E-state index contributed by atoms with van der Waals surface area (Å²) in [6, 6.07) is 17.1. The minimum absolute atomic E-state index is 0.338. The van der Waals surface area contributed by atoms with Crippen molar-refractivity contribution < 1.29 is 9.13 Å². The number of piperidine rings is 1. The van der Waals surface area contributed by atoms with E-state index in [1.165, 1.54) is 37.0 Å². The van der Waals surface area contributed by atoms with Crippen LogP contribution in [0.1, 0.15) is 24.8 Å². The maximum absolute atomic E-state index is 14.3. The molecule has 0 unspecified atom stereocenters. The Bertz CT molecular complexity index is 1830. The number of hydrogen-bond donors (Lipinski definition) is 2. The van der Waals surface area contributed by atoms with E-state index in [1.54, 1.807) is 7.11 Å². The van der Waals surface area contributed by atoms with Gasteiger partial charge in [0, 0.05) is 46.9 Å². The van der Waals surface area contributed by atoms with E-state index in [1.807, 2.05) is 42.9 Å². The number of nitrogens with one attached hydrogen (secondary N) is 2. The molecule has 0 saturated carbocycles. The number of methoxy groups -OCH3 is 1. The van der Waals surface area contributed by atoms with Crippen molar-refractivity contribution in [3.8, 4) is 39.5 Å². The number of likely N-dealkylation sites (tertiary alicyclic amines) is 1. The predicted octanol–water partition coefficient (Wildman–Crippen LogP) is 6.97. The highest BCUT2D eigenvalue weighted by Crippen LogP contribution is 2.36. The summed E-state index contributed by atoms with van der Waals surface area (Å²) in [4.78, 5) is 15.3. The molecule has 1 fully saturated rings. The molecule has 7 rings (SSSR count). The second-order valence-corrected chi connectivity index (χ2v) is 10.4. The van der Waals surface area contributed by atoms with Gasteiger partial charge in [0.1, 0.15) is 17.3 Å². The highest BCUT2D eigenvalue weighted by atomic mass is 19.1. The fourth-order valence-electron chi connectivity index (χ4n) is 5.74. The highest BCUT2D eigenvalue weighted by molar-refractivity contribution is 6.01. The minimum atomic E-state index is -0.338. The molecule has 1 aliphatic rings. The molecule has 2 N–H and O–H groups in total. The largest absolute Gasteiger partial charge is 0.497 e. The van der Waals surface area contributed by atoms with Gasteiger partial charge < -0.3 is 9.72 Å². The fourth-order valence-corrected chi connectivity index (χ4v) is 5.74. The van der Waals surface area contributed by atoms with Gasteiger partial charge in [-0.1, -0.05) is 18.6 Å². The standard InChI is InChI=1S/C32H29FN6O/c1-40-24-12-21(11-23(33)13-24)25-6-5-7-28-26(25)14-30(36-28)32-27-15-29(35-18-31(27)37-38-32)22-10-20(16-34-17-22)19-39-8-3-2-4-9-39/h5-7,10-18,36H,2-4,8-9,19H2,1H3,(H,37,38). The zero-order valence-electron chi connectivity index (χ0n) is 22.2. The van der Waals surface area contributed by atoms with Crippen molar-refractivity contribution in [2.75, 3.05) is 20.2 Å². The van der Waals surface area contributed by atoms with E-state index in [0.717, 1.165) is 75.2 Å². The van der Waals surface area contributed by atoms with E-state index < -0.39 is 0 Å². The first-order valence-electron chi connectivity index (χ1n) is 13.6. The van der Waals surface area contributed by atoms with Gasteiger partial charge in [0.05, 0.1) is 30.2 Å². The summed E-state index contributed by atoms with van der Waals surface area (Å²) in [7, 11) is 1.54. The van der Waals surface area contributed by atoms with Crippen molar-refractivity contribution in [2.45, 2.75) is 25.8 Å². The molecular formula is C32H29FN6O. The van der Waals surface area contributed by atoms with Crippen LogP contribution in [0, 0.1) is 5.82 Å². The SMILES string of the molecule is COc1cc(F)cc(-c2cccc3[nH]c(-c4n[nH]c5cnc(-c6cncc(CN7CCCCC7)c6)cc45)cc23)c1. The third-order valence-electron chi connectivity index (χ3n) is 7.73. The fraction of sp³-hybridized carbons (Fsp3) is 0.219. The zero-order valence-corrected chi connectivity index (χ0v) is 22.2. The molecule has 8 heteroatoms. The third-order valence-corrected chi connectivity index (χ3v) is 7.73. The number of rotatable bonds is 6. The Labute approximate surface area is 231 Å². The highest BCUT2D eigenvalue weighted by Gasteiger charge is 2.16. The molecule has 6 aromatic rings. The average Bonchev–Trinajstić information content (AvgIpc) is 3.61. The van der Waals surface area contributed by atoms with Crippen molar-refractivity contribution in [3.63, 3.8) is 0 Å². The summed E-state index contributed by atoms with van der Waals surface area (Å²) in [6.07, 6.45) is 9.50. The van der Waals surface area contributed by atoms with Crippen LogP contribution < -0.4 is 4.74 Å². The Morgan fingerprint density at radius 2 is 1.80 bits per heavy atom. The molecule has 0 spiro atoms. The molecule has 1 saturated heterocycles. The molecule has 0 radical (unpaired) electrons.